The lowest BCUT2D eigenvalue weighted by Crippen LogP contribution is -2.23. The van der Waals surface area contributed by atoms with Crippen LogP contribution >= 0.6 is 0 Å². The first-order valence-electron chi connectivity index (χ1n) is 6.61. The van der Waals surface area contributed by atoms with E-state index in [-0.39, 0.29) is 6.61 Å². The Morgan fingerprint density at radius 3 is 2.14 bits per heavy atom. The third kappa shape index (κ3) is 4.71. The second kappa shape index (κ2) is 7.78. The Kier molecular flexibility index (Phi) is 5.44. The van der Waals surface area contributed by atoms with Gasteiger partial charge < -0.3 is 4.74 Å². The molecule has 0 N–H and O–H groups in total. The van der Waals surface area contributed by atoms with Crippen molar-refractivity contribution in [3.63, 3.8) is 0 Å². The summed E-state index contributed by atoms with van der Waals surface area (Å²) in [5.41, 5.74) is 1.80. The summed E-state index contributed by atoms with van der Waals surface area (Å²) in [6.07, 6.45) is 1.76. The van der Waals surface area contributed by atoms with Crippen molar-refractivity contribution in [3.8, 4) is 0 Å². The first-order chi connectivity index (χ1) is 10.3. The van der Waals surface area contributed by atoms with E-state index in [1.807, 2.05) is 60.7 Å². The van der Waals surface area contributed by atoms with Gasteiger partial charge in [-0.05, 0) is 11.1 Å². The first kappa shape index (κ1) is 14.7. The number of isocyanates is 1. The van der Waals surface area contributed by atoms with Crippen LogP contribution in [-0.2, 0) is 27.4 Å². The molecule has 0 saturated carbocycles. The average molecular weight is 281 g/mol. The fourth-order valence-corrected chi connectivity index (χ4v) is 1.91. The maximum absolute atomic E-state index is 12.0. The van der Waals surface area contributed by atoms with Gasteiger partial charge in [0.15, 0.2) is 6.04 Å². The van der Waals surface area contributed by atoms with Gasteiger partial charge in [0.25, 0.3) is 0 Å². The quantitative estimate of drug-likeness (QED) is 0.464. The van der Waals surface area contributed by atoms with E-state index in [2.05, 4.69) is 4.99 Å². The number of nitrogens with zero attached hydrogens (tertiary/aromatic N) is 1. The summed E-state index contributed by atoms with van der Waals surface area (Å²) in [7, 11) is 0. The fraction of sp³-hybridized carbons (Fsp3) is 0.176. The van der Waals surface area contributed by atoms with Gasteiger partial charge in [-0.3, -0.25) is 0 Å². The van der Waals surface area contributed by atoms with E-state index in [9.17, 15) is 9.59 Å². The minimum atomic E-state index is -0.853. The first-order valence-corrected chi connectivity index (χ1v) is 6.61. The van der Waals surface area contributed by atoms with Gasteiger partial charge in [-0.1, -0.05) is 60.7 Å². The highest BCUT2D eigenvalue weighted by Crippen LogP contribution is 2.09. The molecule has 0 fully saturated rings. The highest BCUT2D eigenvalue weighted by atomic mass is 16.5. The molecule has 0 aliphatic carbocycles. The van der Waals surface area contributed by atoms with Crippen molar-refractivity contribution in [2.45, 2.75) is 19.1 Å². The maximum Gasteiger partial charge on any atom is 0.332 e. The van der Waals surface area contributed by atoms with E-state index in [1.54, 1.807) is 0 Å². The molecule has 106 valence electrons. The second-order valence-electron chi connectivity index (χ2n) is 4.52. The summed E-state index contributed by atoms with van der Waals surface area (Å²) in [6, 6.07) is 17.9. The van der Waals surface area contributed by atoms with Crippen LogP contribution in [0.15, 0.2) is 65.7 Å². The zero-order valence-corrected chi connectivity index (χ0v) is 11.4. The molecule has 0 aromatic heterocycles. The molecule has 1 atom stereocenters. The molecular formula is C17H15NO3. The lowest BCUT2D eigenvalue weighted by Gasteiger charge is -2.11. The van der Waals surface area contributed by atoms with Gasteiger partial charge in [0, 0.05) is 6.42 Å². The average Bonchev–Trinajstić information content (AvgIpc) is 2.54. The van der Waals surface area contributed by atoms with Gasteiger partial charge >= 0.3 is 5.97 Å². The van der Waals surface area contributed by atoms with Gasteiger partial charge in [-0.2, -0.15) is 4.99 Å². The highest BCUT2D eigenvalue weighted by molar-refractivity contribution is 5.77. The maximum atomic E-state index is 12.0. The molecule has 2 rings (SSSR count). The molecule has 0 amide bonds. The molecule has 4 nitrogen and oxygen atoms in total. The summed E-state index contributed by atoms with van der Waals surface area (Å²) in [4.78, 5) is 26.1. The number of hydrogen-bond donors (Lipinski definition) is 0. The summed E-state index contributed by atoms with van der Waals surface area (Å²) >= 11 is 0. The number of benzene rings is 2. The third-order valence-electron chi connectivity index (χ3n) is 2.98. The standard InChI is InChI=1S/C17H15NO3/c19-13-18-16(11-14-7-3-1-4-8-14)17(20)21-12-15-9-5-2-6-10-15/h1-10,16H,11-12H2. The lowest BCUT2D eigenvalue weighted by atomic mass is 10.1. The van der Waals surface area contributed by atoms with Crippen LogP contribution in [0.2, 0.25) is 0 Å². The van der Waals surface area contributed by atoms with Crippen molar-refractivity contribution in [3.05, 3.63) is 71.8 Å². The molecule has 0 heterocycles. The van der Waals surface area contributed by atoms with Gasteiger partial charge in [-0.25, -0.2) is 9.59 Å². The predicted molar refractivity (Wildman–Crippen MR) is 78.3 cm³/mol. The zero-order valence-electron chi connectivity index (χ0n) is 11.4. The molecule has 0 bridgehead atoms. The van der Waals surface area contributed by atoms with E-state index in [0.717, 1.165) is 11.1 Å². The molecule has 0 aliphatic rings. The Balaban J connectivity index is 1.97. The van der Waals surface area contributed by atoms with Crippen LogP contribution in [-0.4, -0.2) is 18.1 Å². The van der Waals surface area contributed by atoms with Crippen molar-refractivity contribution >= 4 is 12.0 Å². The molecule has 0 radical (unpaired) electrons. The summed E-state index contributed by atoms with van der Waals surface area (Å²) < 4.78 is 5.20. The molecule has 2 aromatic rings. The van der Waals surface area contributed by atoms with Gasteiger partial charge in [-0.15, -0.1) is 0 Å². The van der Waals surface area contributed by atoms with Crippen LogP contribution in [0.1, 0.15) is 11.1 Å². The number of hydrogen-bond acceptors (Lipinski definition) is 4. The number of rotatable bonds is 6. The Bertz CT molecular complexity index is 619. The van der Waals surface area contributed by atoms with Crippen molar-refractivity contribution in [1.82, 2.24) is 0 Å². The topological polar surface area (TPSA) is 55.7 Å². The van der Waals surface area contributed by atoms with Crippen molar-refractivity contribution in [2.75, 3.05) is 0 Å². The minimum Gasteiger partial charge on any atom is -0.459 e. The van der Waals surface area contributed by atoms with E-state index in [4.69, 9.17) is 4.74 Å². The molecule has 4 heteroatoms. The van der Waals surface area contributed by atoms with Crippen LogP contribution in [0, 0.1) is 0 Å². The van der Waals surface area contributed by atoms with E-state index in [1.165, 1.54) is 6.08 Å². The minimum absolute atomic E-state index is 0.166. The Labute approximate surface area is 123 Å². The monoisotopic (exact) mass is 281 g/mol. The molecule has 2 aromatic carbocycles. The van der Waals surface area contributed by atoms with E-state index < -0.39 is 12.0 Å². The van der Waals surface area contributed by atoms with Crippen LogP contribution in [0.3, 0.4) is 0 Å². The zero-order chi connectivity index (χ0) is 14.9. The second-order valence-corrected chi connectivity index (χ2v) is 4.52. The van der Waals surface area contributed by atoms with E-state index in [0.29, 0.717) is 6.42 Å². The number of esters is 1. The van der Waals surface area contributed by atoms with Gasteiger partial charge in [0.05, 0.1) is 0 Å². The third-order valence-corrected chi connectivity index (χ3v) is 2.98. The Morgan fingerprint density at radius 1 is 1.00 bits per heavy atom. The van der Waals surface area contributed by atoms with Crippen molar-refractivity contribution in [2.24, 2.45) is 4.99 Å². The van der Waals surface area contributed by atoms with Crippen molar-refractivity contribution in [1.29, 1.82) is 0 Å². The SMILES string of the molecule is O=C=NC(Cc1ccccc1)C(=O)OCc1ccccc1. The molecule has 21 heavy (non-hydrogen) atoms. The van der Waals surface area contributed by atoms with Crippen LogP contribution in [0.5, 0.6) is 0 Å². The smallest absolute Gasteiger partial charge is 0.332 e. The molecule has 0 saturated heterocycles. The normalized spacial score (nSPS) is 11.2. The van der Waals surface area contributed by atoms with Crippen LogP contribution < -0.4 is 0 Å². The Hall–Kier alpha value is -2.71. The largest absolute Gasteiger partial charge is 0.459 e. The van der Waals surface area contributed by atoms with Gasteiger partial charge in [0.1, 0.15) is 6.61 Å². The Morgan fingerprint density at radius 2 is 1.57 bits per heavy atom. The molecule has 0 spiro atoms. The number of carbonyl (C=O) groups is 1. The summed E-state index contributed by atoms with van der Waals surface area (Å²) in [5, 5.41) is 0. The highest BCUT2D eigenvalue weighted by Gasteiger charge is 2.19. The van der Waals surface area contributed by atoms with Gasteiger partial charge in [0.2, 0.25) is 6.08 Å². The van der Waals surface area contributed by atoms with Crippen LogP contribution in [0.4, 0.5) is 0 Å². The fourth-order valence-electron chi connectivity index (χ4n) is 1.91. The molecular weight excluding hydrogens is 266 g/mol. The lowest BCUT2D eigenvalue weighted by molar-refractivity contribution is -0.146. The number of ether oxygens (including phenoxy) is 1. The number of carbonyl (C=O) groups excluding carboxylic acids is 2. The number of aliphatic imine (C=N–C) groups is 1. The van der Waals surface area contributed by atoms with Crippen molar-refractivity contribution < 1.29 is 14.3 Å². The van der Waals surface area contributed by atoms with Crippen LogP contribution in [0.25, 0.3) is 0 Å². The summed E-state index contributed by atoms with van der Waals surface area (Å²) in [5.74, 6) is -0.522. The predicted octanol–water partition coefficient (Wildman–Crippen LogP) is 2.68. The molecule has 0 aliphatic heterocycles. The van der Waals surface area contributed by atoms with E-state index >= 15 is 0 Å². The summed E-state index contributed by atoms with van der Waals surface area (Å²) in [6.45, 7) is 0.166. The molecule has 1 unspecified atom stereocenters.